The van der Waals surface area contributed by atoms with Crippen LogP contribution in [0.3, 0.4) is 0 Å². The van der Waals surface area contributed by atoms with Crippen LogP contribution in [0.4, 0.5) is 5.69 Å². The van der Waals surface area contributed by atoms with Gasteiger partial charge in [-0.1, -0.05) is 17.8 Å². The van der Waals surface area contributed by atoms with Gasteiger partial charge in [-0.2, -0.15) is 0 Å². The van der Waals surface area contributed by atoms with E-state index in [1.54, 1.807) is 35.6 Å². The van der Waals surface area contributed by atoms with Crippen molar-refractivity contribution in [2.75, 3.05) is 11.1 Å². The highest BCUT2D eigenvalue weighted by atomic mass is 32.2. The molecule has 0 radical (unpaired) electrons. The number of anilines is 1. The molecule has 1 aromatic carbocycles. The number of rotatable bonds is 6. The summed E-state index contributed by atoms with van der Waals surface area (Å²) in [7, 11) is 1.88. The minimum atomic E-state index is -0.138. The molecule has 0 saturated carbocycles. The average Bonchev–Trinajstić information content (AvgIpc) is 3.23. The molecule has 0 aliphatic rings. The quantitative estimate of drug-likeness (QED) is 0.529. The lowest BCUT2D eigenvalue weighted by Gasteiger charge is -2.06. The van der Waals surface area contributed by atoms with Gasteiger partial charge in [0.2, 0.25) is 5.91 Å². The van der Waals surface area contributed by atoms with Crippen molar-refractivity contribution < 1.29 is 9.59 Å². The monoisotopic (exact) mass is 372 g/mol. The summed E-state index contributed by atoms with van der Waals surface area (Å²) in [6, 6.07) is 10.8. The summed E-state index contributed by atoms with van der Waals surface area (Å²) in [6.45, 7) is 1.51. The first-order valence-electron chi connectivity index (χ1n) is 7.51. The van der Waals surface area contributed by atoms with E-state index in [-0.39, 0.29) is 17.4 Å². The Balaban J connectivity index is 1.58. The van der Waals surface area contributed by atoms with Crippen molar-refractivity contribution in [1.82, 2.24) is 14.8 Å². The molecule has 0 aliphatic heterocycles. The molecule has 2 aromatic heterocycles. The van der Waals surface area contributed by atoms with Crippen molar-refractivity contribution in [3.63, 3.8) is 0 Å². The molecular weight excluding hydrogens is 356 g/mol. The van der Waals surface area contributed by atoms with Gasteiger partial charge in [0.1, 0.15) is 0 Å². The van der Waals surface area contributed by atoms with Gasteiger partial charge < -0.3 is 9.88 Å². The summed E-state index contributed by atoms with van der Waals surface area (Å²) in [6.07, 6.45) is 0. The first-order chi connectivity index (χ1) is 12.0. The second-order valence-corrected chi connectivity index (χ2v) is 7.20. The van der Waals surface area contributed by atoms with Gasteiger partial charge in [-0.05, 0) is 42.6 Å². The fraction of sp³-hybridized carbons (Fsp3) is 0.176. The number of carbonyl (C=O) groups excluding carboxylic acids is 2. The SMILES string of the molecule is CC(=O)c1ccc(NC(=O)CSc2nnc(-c3cccs3)n2C)cc1. The number of ketones is 1. The van der Waals surface area contributed by atoms with Gasteiger partial charge in [-0.3, -0.25) is 9.59 Å². The Morgan fingerprint density at radius 1 is 1.20 bits per heavy atom. The highest BCUT2D eigenvalue weighted by molar-refractivity contribution is 7.99. The zero-order valence-electron chi connectivity index (χ0n) is 13.7. The van der Waals surface area contributed by atoms with Crippen LogP contribution in [-0.2, 0) is 11.8 Å². The van der Waals surface area contributed by atoms with E-state index >= 15 is 0 Å². The van der Waals surface area contributed by atoms with Crippen LogP contribution >= 0.6 is 23.1 Å². The fourth-order valence-corrected chi connectivity index (χ4v) is 3.63. The fourth-order valence-electron chi connectivity index (χ4n) is 2.18. The molecule has 3 aromatic rings. The second kappa shape index (κ2) is 7.62. The summed E-state index contributed by atoms with van der Waals surface area (Å²) in [5.41, 5.74) is 1.28. The van der Waals surface area contributed by atoms with Crippen molar-refractivity contribution in [1.29, 1.82) is 0 Å². The lowest BCUT2D eigenvalue weighted by Crippen LogP contribution is -2.14. The highest BCUT2D eigenvalue weighted by Gasteiger charge is 2.13. The van der Waals surface area contributed by atoms with Crippen molar-refractivity contribution >= 4 is 40.5 Å². The van der Waals surface area contributed by atoms with Crippen molar-refractivity contribution in [3.05, 3.63) is 47.3 Å². The Bertz CT molecular complexity index is 886. The van der Waals surface area contributed by atoms with Crippen LogP contribution in [0.1, 0.15) is 17.3 Å². The molecular formula is C17H16N4O2S2. The summed E-state index contributed by atoms with van der Waals surface area (Å²) < 4.78 is 1.88. The van der Waals surface area contributed by atoms with Gasteiger partial charge in [0.25, 0.3) is 0 Å². The number of nitrogens with one attached hydrogen (secondary N) is 1. The molecule has 0 unspecified atom stereocenters. The van der Waals surface area contributed by atoms with Crippen LogP contribution in [0, 0.1) is 0 Å². The molecule has 1 amide bonds. The number of hydrogen-bond donors (Lipinski definition) is 1. The van der Waals surface area contributed by atoms with E-state index in [1.807, 2.05) is 29.1 Å². The van der Waals surface area contributed by atoms with E-state index in [0.29, 0.717) is 16.4 Å². The van der Waals surface area contributed by atoms with E-state index in [1.165, 1.54) is 18.7 Å². The molecule has 25 heavy (non-hydrogen) atoms. The first kappa shape index (κ1) is 17.4. The maximum atomic E-state index is 12.1. The standard InChI is InChI=1S/C17H16N4O2S2/c1-11(22)12-5-7-13(8-6-12)18-15(23)10-25-17-20-19-16(21(17)2)14-4-3-9-24-14/h3-9H,10H2,1-2H3,(H,18,23). The van der Waals surface area contributed by atoms with Gasteiger partial charge in [-0.25, -0.2) is 0 Å². The lowest BCUT2D eigenvalue weighted by molar-refractivity contribution is -0.113. The molecule has 3 rings (SSSR count). The Kier molecular flexibility index (Phi) is 5.30. The second-order valence-electron chi connectivity index (χ2n) is 5.31. The largest absolute Gasteiger partial charge is 0.325 e. The van der Waals surface area contributed by atoms with Crippen LogP contribution in [-0.4, -0.2) is 32.2 Å². The predicted molar refractivity (Wildman–Crippen MR) is 100 cm³/mol. The number of benzene rings is 1. The van der Waals surface area contributed by atoms with Crippen LogP contribution in [0.2, 0.25) is 0 Å². The molecule has 0 saturated heterocycles. The number of carbonyl (C=O) groups is 2. The molecule has 1 N–H and O–H groups in total. The molecule has 0 bridgehead atoms. The number of thiophene rings is 1. The number of thioether (sulfide) groups is 1. The minimum absolute atomic E-state index is 0.00254. The summed E-state index contributed by atoms with van der Waals surface area (Å²) in [4.78, 5) is 24.4. The van der Waals surface area contributed by atoms with Crippen LogP contribution in [0.15, 0.2) is 46.9 Å². The van der Waals surface area contributed by atoms with Gasteiger partial charge >= 0.3 is 0 Å². The van der Waals surface area contributed by atoms with E-state index in [0.717, 1.165) is 10.7 Å². The maximum absolute atomic E-state index is 12.1. The molecule has 0 fully saturated rings. The zero-order chi connectivity index (χ0) is 17.8. The molecule has 128 valence electrons. The number of aromatic nitrogens is 3. The van der Waals surface area contributed by atoms with Gasteiger partial charge in [0.05, 0.1) is 10.6 Å². The number of amides is 1. The minimum Gasteiger partial charge on any atom is -0.325 e. The molecule has 0 aliphatic carbocycles. The Hall–Kier alpha value is -2.45. The predicted octanol–water partition coefficient (Wildman–Crippen LogP) is 3.48. The third-order valence-corrected chi connectivity index (χ3v) is 5.37. The third kappa shape index (κ3) is 4.15. The smallest absolute Gasteiger partial charge is 0.234 e. The van der Waals surface area contributed by atoms with Crippen molar-refractivity contribution in [2.24, 2.45) is 7.05 Å². The van der Waals surface area contributed by atoms with Crippen molar-refractivity contribution in [2.45, 2.75) is 12.1 Å². The summed E-state index contributed by atoms with van der Waals surface area (Å²) >= 11 is 2.93. The lowest BCUT2D eigenvalue weighted by atomic mass is 10.1. The highest BCUT2D eigenvalue weighted by Crippen LogP contribution is 2.26. The summed E-state index contributed by atoms with van der Waals surface area (Å²) in [5.74, 6) is 0.876. The average molecular weight is 372 g/mol. The van der Waals surface area contributed by atoms with Crippen LogP contribution in [0.25, 0.3) is 10.7 Å². The Morgan fingerprint density at radius 3 is 2.60 bits per heavy atom. The summed E-state index contributed by atoms with van der Waals surface area (Å²) in [5, 5.41) is 13.8. The number of hydrogen-bond acceptors (Lipinski definition) is 6. The number of Topliss-reactive ketones (excluding diaryl/α,β-unsaturated/α-hetero) is 1. The molecule has 6 nitrogen and oxygen atoms in total. The van der Waals surface area contributed by atoms with Gasteiger partial charge in [-0.15, -0.1) is 21.5 Å². The van der Waals surface area contributed by atoms with Gasteiger partial charge in [0, 0.05) is 18.3 Å². The van der Waals surface area contributed by atoms with E-state index in [4.69, 9.17) is 0 Å². The van der Waals surface area contributed by atoms with Gasteiger partial charge in [0.15, 0.2) is 16.8 Å². The Labute approximate surface area is 153 Å². The first-order valence-corrected chi connectivity index (χ1v) is 9.38. The van der Waals surface area contributed by atoms with Crippen molar-refractivity contribution in [3.8, 4) is 10.7 Å². The molecule has 0 spiro atoms. The molecule has 8 heteroatoms. The van der Waals surface area contributed by atoms with Crippen LogP contribution < -0.4 is 5.32 Å². The maximum Gasteiger partial charge on any atom is 0.234 e. The van der Waals surface area contributed by atoms with Crippen LogP contribution in [0.5, 0.6) is 0 Å². The van der Waals surface area contributed by atoms with E-state index in [2.05, 4.69) is 15.5 Å². The molecule has 0 atom stereocenters. The van der Waals surface area contributed by atoms with E-state index < -0.39 is 0 Å². The topological polar surface area (TPSA) is 76.9 Å². The number of nitrogens with zero attached hydrogens (tertiary/aromatic N) is 3. The zero-order valence-corrected chi connectivity index (χ0v) is 15.4. The molecule has 2 heterocycles. The normalized spacial score (nSPS) is 10.6. The van der Waals surface area contributed by atoms with E-state index in [9.17, 15) is 9.59 Å². The Morgan fingerprint density at radius 2 is 1.96 bits per heavy atom. The third-order valence-electron chi connectivity index (χ3n) is 3.48.